The predicted molar refractivity (Wildman–Crippen MR) is 59.9 cm³/mol. The summed E-state index contributed by atoms with van der Waals surface area (Å²) < 4.78 is 4.54. The normalized spacial score (nSPS) is 10.2. The summed E-state index contributed by atoms with van der Waals surface area (Å²) in [4.78, 5) is 27.4. The average molecular weight is 234 g/mol. The Balaban J connectivity index is 2.64. The fourth-order valence-corrected chi connectivity index (χ4v) is 1.53. The topological polar surface area (TPSA) is 95.2 Å². The van der Waals surface area contributed by atoms with Crippen LogP contribution in [0.5, 0.6) is 5.75 Å². The van der Waals surface area contributed by atoms with Crippen LogP contribution in [0.15, 0.2) is 29.1 Å². The second-order valence-corrected chi connectivity index (χ2v) is 3.34. The molecule has 0 spiro atoms. The first-order valence-electron chi connectivity index (χ1n) is 4.82. The molecule has 2 aromatic rings. The van der Waals surface area contributed by atoms with Gasteiger partial charge in [-0.1, -0.05) is 12.1 Å². The standard InChI is InChI=1S/C11H10N2O4/c1-17-10(15)9-8(12-11(16)13-9)6-4-2-3-5-7(6)14/h2-5,14H,1H3,(H2,12,13,16). The smallest absolute Gasteiger partial charge is 0.356 e. The van der Waals surface area contributed by atoms with Crippen LogP contribution in [0.1, 0.15) is 10.5 Å². The zero-order valence-electron chi connectivity index (χ0n) is 8.98. The van der Waals surface area contributed by atoms with Crippen molar-refractivity contribution in [3.63, 3.8) is 0 Å². The van der Waals surface area contributed by atoms with Gasteiger partial charge in [0.2, 0.25) is 0 Å². The third-order valence-electron chi connectivity index (χ3n) is 2.29. The molecule has 0 aliphatic heterocycles. The molecular formula is C11H10N2O4. The summed E-state index contributed by atoms with van der Waals surface area (Å²) >= 11 is 0. The van der Waals surface area contributed by atoms with Gasteiger partial charge in [-0.2, -0.15) is 0 Å². The van der Waals surface area contributed by atoms with Crippen LogP contribution in [0.3, 0.4) is 0 Å². The zero-order chi connectivity index (χ0) is 12.4. The fourth-order valence-electron chi connectivity index (χ4n) is 1.53. The number of imidazole rings is 1. The monoisotopic (exact) mass is 234 g/mol. The van der Waals surface area contributed by atoms with Gasteiger partial charge in [-0.3, -0.25) is 4.98 Å². The molecule has 0 unspecified atom stereocenters. The third kappa shape index (κ3) is 1.92. The Morgan fingerprint density at radius 3 is 2.65 bits per heavy atom. The molecule has 2 rings (SSSR count). The number of carbonyl (C=O) groups excluding carboxylic acids is 1. The maximum Gasteiger partial charge on any atom is 0.356 e. The van der Waals surface area contributed by atoms with Crippen LogP contribution >= 0.6 is 0 Å². The van der Waals surface area contributed by atoms with E-state index in [0.717, 1.165) is 0 Å². The molecule has 0 fully saturated rings. The van der Waals surface area contributed by atoms with E-state index in [1.807, 2.05) is 0 Å². The molecule has 0 saturated carbocycles. The number of benzene rings is 1. The van der Waals surface area contributed by atoms with Gasteiger partial charge in [0.05, 0.1) is 12.8 Å². The Morgan fingerprint density at radius 1 is 1.29 bits per heavy atom. The summed E-state index contributed by atoms with van der Waals surface area (Å²) in [5.74, 6) is -0.713. The van der Waals surface area contributed by atoms with Crippen molar-refractivity contribution in [1.82, 2.24) is 9.97 Å². The van der Waals surface area contributed by atoms with Crippen molar-refractivity contribution < 1.29 is 14.6 Å². The Labute approximate surface area is 95.9 Å². The van der Waals surface area contributed by atoms with Gasteiger partial charge in [0, 0.05) is 5.56 Å². The number of hydrogen-bond donors (Lipinski definition) is 3. The third-order valence-corrected chi connectivity index (χ3v) is 2.29. The van der Waals surface area contributed by atoms with E-state index in [0.29, 0.717) is 5.56 Å². The van der Waals surface area contributed by atoms with Crippen LogP contribution < -0.4 is 5.69 Å². The lowest BCUT2D eigenvalue weighted by molar-refractivity contribution is 0.0595. The van der Waals surface area contributed by atoms with Crippen LogP contribution in [0.4, 0.5) is 0 Å². The highest BCUT2D eigenvalue weighted by atomic mass is 16.5. The van der Waals surface area contributed by atoms with Crippen molar-refractivity contribution >= 4 is 5.97 Å². The van der Waals surface area contributed by atoms with E-state index in [-0.39, 0.29) is 17.1 Å². The summed E-state index contributed by atoms with van der Waals surface area (Å²) in [6.07, 6.45) is 0. The van der Waals surface area contributed by atoms with E-state index in [4.69, 9.17) is 0 Å². The van der Waals surface area contributed by atoms with Crippen LogP contribution in [0.2, 0.25) is 0 Å². The summed E-state index contributed by atoms with van der Waals surface area (Å²) in [7, 11) is 1.21. The van der Waals surface area contributed by atoms with Gasteiger partial charge in [-0.15, -0.1) is 0 Å². The number of phenols is 1. The number of methoxy groups -OCH3 is 1. The van der Waals surface area contributed by atoms with E-state index < -0.39 is 11.7 Å². The molecule has 0 radical (unpaired) electrons. The molecule has 0 aliphatic carbocycles. The first-order valence-corrected chi connectivity index (χ1v) is 4.82. The maximum atomic E-state index is 11.4. The number of esters is 1. The number of carbonyl (C=O) groups is 1. The number of ether oxygens (including phenoxy) is 1. The van der Waals surface area contributed by atoms with Crippen LogP contribution in [0, 0.1) is 0 Å². The summed E-state index contributed by atoms with van der Waals surface area (Å²) in [5, 5.41) is 9.66. The Hall–Kier alpha value is -2.50. The molecule has 1 heterocycles. The molecule has 0 bridgehead atoms. The molecule has 0 saturated heterocycles. The number of aromatic nitrogens is 2. The van der Waals surface area contributed by atoms with Gasteiger partial charge in [0.15, 0.2) is 5.69 Å². The molecule has 17 heavy (non-hydrogen) atoms. The van der Waals surface area contributed by atoms with E-state index in [9.17, 15) is 14.7 Å². The van der Waals surface area contributed by atoms with E-state index in [1.54, 1.807) is 18.2 Å². The van der Waals surface area contributed by atoms with Gasteiger partial charge in [-0.25, -0.2) is 9.59 Å². The lowest BCUT2D eigenvalue weighted by atomic mass is 10.1. The Bertz CT molecular complexity index is 612. The van der Waals surface area contributed by atoms with E-state index in [1.165, 1.54) is 13.2 Å². The van der Waals surface area contributed by atoms with E-state index in [2.05, 4.69) is 14.7 Å². The van der Waals surface area contributed by atoms with Gasteiger partial charge in [-0.05, 0) is 12.1 Å². The Kier molecular flexibility index (Phi) is 2.70. The quantitative estimate of drug-likeness (QED) is 0.671. The lowest BCUT2D eigenvalue weighted by Gasteiger charge is -2.03. The molecule has 0 amide bonds. The SMILES string of the molecule is COC(=O)c1[nH]c(=O)[nH]c1-c1ccccc1O. The van der Waals surface area contributed by atoms with Crippen molar-refractivity contribution in [3.05, 3.63) is 40.4 Å². The minimum Gasteiger partial charge on any atom is -0.507 e. The number of H-pyrrole nitrogens is 2. The first kappa shape index (κ1) is 11.0. The lowest BCUT2D eigenvalue weighted by Crippen LogP contribution is -2.06. The van der Waals surface area contributed by atoms with Crippen molar-refractivity contribution in [2.45, 2.75) is 0 Å². The molecule has 1 aromatic carbocycles. The second-order valence-electron chi connectivity index (χ2n) is 3.34. The molecule has 0 aliphatic rings. The molecule has 3 N–H and O–H groups in total. The van der Waals surface area contributed by atoms with Crippen molar-refractivity contribution in [3.8, 4) is 17.0 Å². The number of phenolic OH excluding ortho intramolecular Hbond substituents is 1. The molecular weight excluding hydrogens is 224 g/mol. The van der Waals surface area contributed by atoms with Crippen LogP contribution in [0.25, 0.3) is 11.3 Å². The van der Waals surface area contributed by atoms with Crippen molar-refractivity contribution in [2.24, 2.45) is 0 Å². The summed E-state index contributed by atoms with van der Waals surface area (Å²) in [6, 6.07) is 6.37. The van der Waals surface area contributed by atoms with Gasteiger partial charge >= 0.3 is 11.7 Å². The first-order chi connectivity index (χ1) is 8.13. The minimum absolute atomic E-state index is 0.0148. The highest BCUT2D eigenvalue weighted by Crippen LogP contribution is 2.28. The number of para-hydroxylation sites is 1. The highest BCUT2D eigenvalue weighted by Gasteiger charge is 2.18. The van der Waals surface area contributed by atoms with E-state index >= 15 is 0 Å². The van der Waals surface area contributed by atoms with Gasteiger partial charge in [0.1, 0.15) is 5.75 Å². The number of hydrogen-bond acceptors (Lipinski definition) is 4. The second kappa shape index (κ2) is 4.17. The van der Waals surface area contributed by atoms with Crippen molar-refractivity contribution in [2.75, 3.05) is 7.11 Å². The number of nitrogens with one attached hydrogen (secondary N) is 2. The largest absolute Gasteiger partial charge is 0.507 e. The molecule has 6 nitrogen and oxygen atoms in total. The average Bonchev–Trinajstić information content (AvgIpc) is 2.71. The predicted octanol–water partition coefficient (Wildman–Crippen LogP) is 0.862. The fraction of sp³-hybridized carbons (Fsp3) is 0.0909. The molecule has 1 aromatic heterocycles. The molecule has 6 heteroatoms. The van der Waals surface area contributed by atoms with Crippen LogP contribution in [-0.2, 0) is 4.74 Å². The van der Waals surface area contributed by atoms with Gasteiger partial charge in [0.25, 0.3) is 0 Å². The maximum absolute atomic E-state index is 11.4. The minimum atomic E-state index is -0.679. The Morgan fingerprint density at radius 2 is 2.00 bits per heavy atom. The van der Waals surface area contributed by atoms with Crippen LogP contribution in [-0.4, -0.2) is 28.2 Å². The summed E-state index contributed by atoms with van der Waals surface area (Å²) in [5.41, 5.74) is 0.00820. The molecule has 88 valence electrons. The molecule has 0 atom stereocenters. The summed E-state index contributed by atoms with van der Waals surface area (Å²) in [6.45, 7) is 0. The van der Waals surface area contributed by atoms with Gasteiger partial charge < -0.3 is 14.8 Å². The number of aromatic hydroxyl groups is 1. The number of aromatic amines is 2. The zero-order valence-corrected chi connectivity index (χ0v) is 8.98. The van der Waals surface area contributed by atoms with Crippen molar-refractivity contribution in [1.29, 1.82) is 0 Å². The highest BCUT2D eigenvalue weighted by molar-refractivity contribution is 5.94. The number of rotatable bonds is 2.